The summed E-state index contributed by atoms with van der Waals surface area (Å²) in [5, 5.41) is 6.51. The summed E-state index contributed by atoms with van der Waals surface area (Å²) in [6.07, 6.45) is 22.5. The number of hydrazone groups is 1. The van der Waals surface area contributed by atoms with Crippen molar-refractivity contribution in [2.24, 2.45) is 11.0 Å². The molecule has 26 heavy (non-hydrogen) atoms. The van der Waals surface area contributed by atoms with Crippen LogP contribution in [0.4, 0.5) is 0 Å². The fraction of sp³-hybridized carbons (Fsp3) is 0.625. The molecule has 0 aromatic heterocycles. The molecule has 0 atom stereocenters. The molecule has 3 rings (SSSR count). The molecular weight excluding hydrogens is 316 g/mol. The van der Waals surface area contributed by atoms with Crippen LogP contribution in [0.1, 0.15) is 87.8 Å². The monoisotopic (exact) mass is 352 g/mol. The highest BCUT2D eigenvalue weighted by molar-refractivity contribution is 5.60. The second-order valence-electron chi connectivity index (χ2n) is 8.12. The van der Waals surface area contributed by atoms with E-state index in [4.69, 9.17) is 0 Å². The van der Waals surface area contributed by atoms with Gasteiger partial charge in [0.15, 0.2) is 0 Å². The zero-order valence-electron chi connectivity index (χ0n) is 16.6. The topological polar surface area (TPSA) is 15.6 Å². The Morgan fingerprint density at radius 2 is 1.92 bits per heavy atom. The van der Waals surface area contributed by atoms with Crippen molar-refractivity contribution in [3.8, 4) is 0 Å². The van der Waals surface area contributed by atoms with Crippen LogP contribution in [0.15, 0.2) is 35.6 Å². The van der Waals surface area contributed by atoms with E-state index < -0.39 is 0 Å². The highest BCUT2D eigenvalue weighted by Gasteiger charge is 2.13. The Bertz CT molecular complexity index is 584. The second-order valence-corrected chi connectivity index (χ2v) is 8.12. The number of nitrogens with zero attached hydrogens (tertiary/aromatic N) is 2. The Hall–Kier alpha value is -1.57. The molecule has 0 unspecified atom stereocenters. The molecule has 1 aliphatic carbocycles. The summed E-state index contributed by atoms with van der Waals surface area (Å²) in [5.74, 6) is 1.02. The van der Waals surface area contributed by atoms with Crippen LogP contribution in [0.2, 0.25) is 0 Å². The second kappa shape index (κ2) is 10.5. The summed E-state index contributed by atoms with van der Waals surface area (Å²) >= 11 is 0. The first-order valence-corrected chi connectivity index (χ1v) is 10.9. The van der Waals surface area contributed by atoms with Gasteiger partial charge in [-0.1, -0.05) is 82.6 Å². The normalized spacial score (nSPS) is 17.8. The number of allylic oxidation sites excluding steroid dienone is 1. The maximum atomic E-state index is 4.46. The molecule has 0 amide bonds. The Labute approximate surface area is 160 Å². The van der Waals surface area contributed by atoms with Crippen molar-refractivity contribution in [1.29, 1.82) is 0 Å². The number of rotatable bonds is 9. The maximum Gasteiger partial charge on any atom is 0.0659 e. The first-order valence-electron chi connectivity index (χ1n) is 10.9. The van der Waals surface area contributed by atoms with Crippen molar-refractivity contribution >= 4 is 6.21 Å². The third kappa shape index (κ3) is 6.00. The minimum absolute atomic E-state index is 0.883. The number of hydrogen-bond donors (Lipinski definition) is 0. The lowest BCUT2D eigenvalue weighted by Crippen LogP contribution is -2.12. The Morgan fingerprint density at radius 1 is 1.04 bits per heavy atom. The highest BCUT2D eigenvalue weighted by Crippen LogP contribution is 2.28. The van der Waals surface area contributed by atoms with Gasteiger partial charge in [-0.3, -0.25) is 5.01 Å². The van der Waals surface area contributed by atoms with Crippen LogP contribution >= 0.6 is 0 Å². The molecule has 142 valence electrons. The van der Waals surface area contributed by atoms with E-state index in [9.17, 15) is 0 Å². The lowest BCUT2D eigenvalue weighted by Gasteiger charge is -2.21. The van der Waals surface area contributed by atoms with Gasteiger partial charge in [0.05, 0.1) is 6.54 Å². The fourth-order valence-corrected chi connectivity index (χ4v) is 4.46. The molecule has 1 saturated carbocycles. The third-order valence-corrected chi connectivity index (χ3v) is 5.92. The molecule has 0 spiro atoms. The molecule has 2 nitrogen and oxygen atoms in total. The summed E-state index contributed by atoms with van der Waals surface area (Å²) in [6.45, 7) is 3.17. The quantitative estimate of drug-likeness (QED) is 0.455. The molecule has 1 fully saturated rings. The minimum atomic E-state index is 0.883. The molecule has 1 aliphatic heterocycles. The summed E-state index contributed by atoms with van der Waals surface area (Å²) in [4.78, 5) is 0. The van der Waals surface area contributed by atoms with Gasteiger partial charge < -0.3 is 0 Å². The average molecular weight is 353 g/mol. The van der Waals surface area contributed by atoms with E-state index in [1.165, 1.54) is 76.2 Å². The Morgan fingerprint density at radius 3 is 2.69 bits per heavy atom. The van der Waals surface area contributed by atoms with Crippen molar-refractivity contribution in [3.05, 3.63) is 47.2 Å². The fourth-order valence-electron chi connectivity index (χ4n) is 4.46. The van der Waals surface area contributed by atoms with Crippen LogP contribution in [-0.2, 0) is 19.4 Å². The average Bonchev–Trinajstić information content (AvgIpc) is 2.69. The lowest BCUT2D eigenvalue weighted by molar-refractivity contribution is 0.330. The van der Waals surface area contributed by atoms with Crippen molar-refractivity contribution in [2.45, 2.75) is 90.5 Å². The van der Waals surface area contributed by atoms with Crippen molar-refractivity contribution in [3.63, 3.8) is 0 Å². The third-order valence-electron chi connectivity index (χ3n) is 5.92. The molecule has 2 aliphatic rings. The van der Waals surface area contributed by atoms with Gasteiger partial charge in [0.25, 0.3) is 0 Å². The number of aryl methyl sites for hydroxylation is 2. The van der Waals surface area contributed by atoms with Crippen molar-refractivity contribution in [1.82, 2.24) is 5.01 Å². The van der Waals surface area contributed by atoms with Crippen LogP contribution < -0.4 is 0 Å². The molecule has 0 radical (unpaired) electrons. The Balaban J connectivity index is 1.54. The highest BCUT2D eigenvalue weighted by atomic mass is 15.4. The lowest BCUT2D eigenvalue weighted by atomic mass is 9.85. The van der Waals surface area contributed by atoms with E-state index in [1.54, 1.807) is 11.1 Å². The van der Waals surface area contributed by atoms with Crippen LogP contribution in [-0.4, -0.2) is 11.2 Å². The van der Waals surface area contributed by atoms with Gasteiger partial charge in [-0.2, -0.15) is 5.10 Å². The molecular formula is C24H36N2. The van der Waals surface area contributed by atoms with Crippen LogP contribution in [0.3, 0.4) is 0 Å². The predicted octanol–water partition coefficient (Wildman–Crippen LogP) is 6.64. The van der Waals surface area contributed by atoms with Gasteiger partial charge in [0.2, 0.25) is 0 Å². The first-order chi connectivity index (χ1) is 12.8. The van der Waals surface area contributed by atoms with Crippen LogP contribution in [0, 0.1) is 5.92 Å². The minimum Gasteiger partial charge on any atom is -0.269 e. The van der Waals surface area contributed by atoms with Gasteiger partial charge in [0, 0.05) is 18.8 Å². The molecule has 1 aromatic rings. The smallest absolute Gasteiger partial charge is 0.0659 e. The Kier molecular flexibility index (Phi) is 7.79. The summed E-state index contributed by atoms with van der Waals surface area (Å²) < 4.78 is 0. The largest absolute Gasteiger partial charge is 0.269 e. The van der Waals surface area contributed by atoms with Gasteiger partial charge in [-0.05, 0) is 41.9 Å². The zero-order chi connectivity index (χ0) is 18.0. The van der Waals surface area contributed by atoms with E-state index >= 15 is 0 Å². The van der Waals surface area contributed by atoms with Crippen molar-refractivity contribution in [2.75, 3.05) is 0 Å². The first kappa shape index (κ1) is 19.2. The summed E-state index contributed by atoms with van der Waals surface area (Å²) in [7, 11) is 0. The van der Waals surface area contributed by atoms with E-state index in [0.717, 1.165) is 18.9 Å². The van der Waals surface area contributed by atoms with Crippen LogP contribution in [0.5, 0.6) is 0 Å². The molecule has 2 heteroatoms. The number of unbranched alkanes of at least 4 members (excludes halogenated alkanes) is 1. The van der Waals surface area contributed by atoms with Crippen molar-refractivity contribution < 1.29 is 0 Å². The summed E-state index contributed by atoms with van der Waals surface area (Å²) in [5.41, 5.74) is 4.53. The van der Waals surface area contributed by atoms with Gasteiger partial charge in [-0.25, -0.2) is 0 Å². The van der Waals surface area contributed by atoms with Gasteiger partial charge in [-0.15, -0.1) is 0 Å². The molecule has 0 bridgehead atoms. The molecule has 1 aromatic carbocycles. The standard InChI is InChI=1S/C24H36N2/c1-2-10-23-16-15-22(20-26-18-9-8-17-25-26)19-24(23)14-7-6-13-21-11-4-3-5-12-21/h9,15-19,21H,2-8,10-14,20H2,1H3. The molecule has 0 saturated heterocycles. The molecule has 1 heterocycles. The maximum absolute atomic E-state index is 4.46. The SMILES string of the molecule is CCCc1ccc(CN2C=CCC=N2)cc1CCCCC1CCCCC1. The van der Waals surface area contributed by atoms with Gasteiger partial charge in [0.1, 0.15) is 0 Å². The number of hydrogen-bond acceptors (Lipinski definition) is 2. The van der Waals surface area contributed by atoms with E-state index in [2.05, 4.69) is 42.5 Å². The number of benzene rings is 1. The van der Waals surface area contributed by atoms with Gasteiger partial charge >= 0.3 is 0 Å². The molecule has 0 N–H and O–H groups in total. The van der Waals surface area contributed by atoms with E-state index in [1.807, 2.05) is 11.2 Å². The van der Waals surface area contributed by atoms with E-state index in [0.29, 0.717) is 0 Å². The van der Waals surface area contributed by atoms with Crippen LogP contribution in [0.25, 0.3) is 0 Å². The van der Waals surface area contributed by atoms with E-state index in [-0.39, 0.29) is 0 Å². The zero-order valence-corrected chi connectivity index (χ0v) is 16.6. The predicted molar refractivity (Wildman–Crippen MR) is 112 cm³/mol. The summed E-state index contributed by atoms with van der Waals surface area (Å²) in [6, 6.07) is 7.12.